The van der Waals surface area contributed by atoms with Crippen LogP contribution in [0.25, 0.3) is 11.0 Å². The number of nitrogens with one attached hydrogen (secondary N) is 1. The van der Waals surface area contributed by atoms with Gasteiger partial charge < -0.3 is 15.6 Å². The Morgan fingerprint density at radius 2 is 1.88 bits per heavy atom. The number of amides is 2. The molecule has 25 heavy (non-hydrogen) atoms. The molecule has 0 unspecified atom stereocenters. The highest BCUT2D eigenvalue weighted by Crippen LogP contribution is 2.24. The number of imidazole rings is 1. The molecule has 0 radical (unpaired) electrons. The Kier molecular flexibility index (Phi) is 5.04. The lowest BCUT2D eigenvalue weighted by Gasteiger charge is -2.07. The smallest absolute Gasteiger partial charge is 0.248 e. The molecule has 0 aliphatic heterocycles. The molecule has 3 N–H and O–H groups in total. The lowest BCUT2D eigenvalue weighted by molar-refractivity contribution is -0.113. The number of hydrogen-bond donors (Lipinski definition) is 2. The third kappa shape index (κ3) is 3.83. The Hall–Kier alpha value is -2.80. The van der Waals surface area contributed by atoms with Gasteiger partial charge in [-0.1, -0.05) is 23.9 Å². The maximum absolute atomic E-state index is 12.2. The number of fused-ring (bicyclic) bond motifs is 1. The number of para-hydroxylation sites is 2. The molecule has 0 aliphatic rings. The summed E-state index contributed by atoms with van der Waals surface area (Å²) in [6.07, 6.45) is 0. The molecule has 6 nitrogen and oxygen atoms in total. The molecule has 7 heteroatoms. The Bertz CT molecular complexity index is 918. The van der Waals surface area contributed by atoms with Gasteiger partial charge in [0.25, 0.3) is 0 Å². The van der Waals surface area contributed by atoms with Gasteiger partial charge in [0.05, 0.1) is 16.8 Å². The molecule has 128 valence electrons. The molecular formula is C18H18N4O2S. The van der Waals surface area contributed by atoms with Gasteiger partial charge in [-0.2, -0.15) is 0 Å². The van der Waals surface area contributed by atoms with Gasteiger partial charge >= 0.3 is 0 Å². The van der Waals surface area contributed by atoms with Crippen molar-refractivity contribution in [3.05, 3.63) is 54.1 Å². The second-order valence-corrected chi connectivity index (χ2v) is 6.35. The molecule has 0 saturated carbocycles. The van der Waals surface area contributed by atoms with Gasteiger partial charge in [-0.05, 0) is 43.3 Å². The number of anilines is 1. The number of benzene rings is 2. The van der Waals surface area contributed by atoms with Crippen LogP contribution in [-0.4, -0.2) is 27.1 Å². The largest absolute Gasteiger partial charge is 0.366 e. The molecule has 1 heterocycles. The van der Waals surface area contributed by atoms with Crippen LogP contribution in [0.4, 0.5) is 5.69 Å². The summed E-state index contributed by atoms with van der Waals surface area (Å²) in [5.74, 6) is -0.376. The van der Waals surface area contributed by atoms with Gasteiger partial charge in [0.1, 0.15) is 0 Å². The van der Waals surface area contributed by atoms with Crippen LogP contribution in [-0.2, 0) is 11.3 Å². The van der Waals surface area contributed by atoms with Crippen LogP contribution in [0.15, 0.2) is 53.7 Å². The maximum atomic E-state index is 12.2. The molecule has 0 fully saturated rings. The van der Waals surface area contributed by atoms with Crippen LogP contribution in [0.2, 0.25) is 0 Å². The first-order chi connectivity index (χ1) is 12.1. The Morgan fingerprint density at radius 1 is 1.16 bits per heavy atom. The Morgan fingerprint density at radius 3 is 2.56 bits per heavy atom. The van der Waals surface area contributed by atoms with E-state index >= 15 is 0 Å². The number of nitrogens with zero attached hydrogens (tertiary/aromatic N) is 2. The van der Waals surface area contributed by atoms with E-state index in [0.717, 1.165) is 22.7 Å². The Labute approximate surface area is 149 Å². The summed E-state index contributed by atoms with van der Waals surface area (Å²) >= 11 is 1.40. The average Bonchev–Trinajstić information content (AvgIpc) is 2.98. The molecule has 3 aromatic rings. The van der Waals surface area contributed by atoms with Crippen LogP contribution < -0.4 is 11.1 Å². The van der Waals surface area contributed by atoms with Crippen LogP contribution in [0.1, 0.15) is 17.3 Å². The third-order valence-corrected chi connectivity index (χ3v) is 4.70. The van der Waals surface area contributed by atoms with Crippen molar-refractivity contribution in [3.63, 3.8) is 0 Å². The van der Waals surface area contributed by atoms with E-state index in [9.17, 15) is 9.59 Å². The van der Waals surface area contributed by atoms with E-state index in [1.165, 1.54) is 11.8 Å². The first kappa shape index (κ1) is 17.0. The van der Waals surface area contributed by atoms with E-state index in [1.807, 2.05) is 24.3 Å². The number of rotatable bonds is 6. The summed E-state index contributed by atoms with van der Waals surface area (Å²) in [5.41, 5.74) is 8.22. The minimum Gasteiger partial charge on any atom is -0.366 e. The number of thioether (sulfide) groups is 1. The summed E-state index contributed by atoms with van der Waals surface area (Å²) in [4.78, 5) is 27.8. The Balaban J connectivity index is 1.65. The van der Waals surface area contributed by atoms with Crippen molar-refractivity contribution in [2.45, 2.75) is 18.6 Å². The van der Waals surface area contributed by atoms with Gasteiger partial charge in [-0.3, -0.25) is 9.59 Å². The van der Waals surface area contributed by atoms with Crippen LogP contribution in [0, 0.1) is 0 Å². The zero-order chi connectivity index (χ0) is 17.8. The first-order valence-electron chi connectivity index (χ1n) is 7.86. The fourth-order valence-corrected chi connectivity index (χ4v) is 3.39. The monoisotopic (exact) mass is 354 g/mol. The molecule has 0 bridgehead atoms. The third-order valence-electron chi connectivity index (χ3n) is 3.72. The zero-order valence-electron chi connectivity index (χ0n) is 13.7. The van der Waals surface area contributed by atoms with Gasteiger partial charge in [0.2, 0.25) is 11.8 Å². The van der Waals surface area contributed by atoms with Crippen molar-refractivity contribution in [3.8, 4) is 0 Å². The normalized spacial score (nSPS) is 10.8. The van der Waals surface area contributed by atoms with Crippen LogP contribution >= 0.6 is 11.8 Å². The SMILES string of the molecule is CCn1c(SCC(=O)Nc2ccc(C(N)=O)cc2)nc2ccccc21. The number of primary amides is 1. The molecule has 2 amide bonds. The second kappa shape index (κ2) is 7.40. The van der Waals surface area contributed by atoms with Gasteiger partial charge in [0.15, 0.2) is 5.16 Å². The maximum Gasteiger partial charge on any atom is 0.248 e. The summed E-state index contributed by atoms with van der Waals surface area (Å²) < 4.78 is 2.09. The molecule has 0 spiro atoms. The summed E-state index contributed by atoms with van der Waals surface area (Å²) in [5, 5.41) is 3.62. The van der Waals surface area contributed by atoms with Crippen molar-refractivity contribution in [2.75, 3.05) is 11.1 Å². The van der Waals surface area contributed by atoms with Crippen LogP contribution in [0.3, 0.4) is 0 Å². The van der Waals surface area contributed by atoms with Gasteiger partial charge in [0, 0.05) is 17.8 Å². The minimum atomic E-state index is -0.494. The van der Waals surface area contributed by atoms with E-state index in [4.69, 9.17) is 5.73 Å². The topological polar surface area (TPSA) is 90.0 Å². The summed E-state index contributed by atoms with van der Waals surface area (Å²) in [7, 11) is 0. The van der Waals surface area contributed by atoms with Crippen molar-refractivity contribution < 1.29 is 9.59 Å². The number of carbonyl (C=O) groups excluding carboxylic acids is 2. The number of nitrogens with two attached hydrogens (primary N) is 1. The molecule has 0 saturated heterocycles. The van der Waals surface area contributed by atoms with Crippen LogP contribution in [0.5, 0.6) is 0 Å². The highest BCUT2D eigenvalue weighted by Gasteiger charge is 2.12. The molecule has 0 atom stereocenters. The minimum absolute atomic E-state index is 0.133. The van der Waals surface area contributed by atoms with Crippen molar-refractivity contribution in [2.24, 2.45) is 5.73 Å². The summed E-state index contributed by atoms with van der Waals surface area (Å²) in [6.45, 7) is 2.84. The quantitative estimate of drug-likeness (QED) is 0.666. The molecule has 2 aromatic carbocycles. The molecule has 3 rings (SSSR count). The predicted octanol–water partition coefficient (Wildman–Crippen LogP) is 2.89. The van der Waals surface area contributed by atoms with Crippen molar-refractivity contribution in [1.82, 2.24) is 9.55 Å². The fraction of sp³-hybridized carbons (Fsp3) is 0.167. The number of hydrogen-bond acceptors (Lipinski definition) is 4. The van der Waals surface area contributed by atoms with Crippen molar-refractivity contribution in [1.29, 1.82) is 0 Å². The molecular weight excluding hydrogens is 336 g/mol. The zero-order valence-corrected chi connectivity index (χ0v) is 14.5. The van der Waals surface area contributed by atoms with Gasteiger partial charge in [-0.15, -0.1) is 0 Å². The second-order valence-electron chi connectivity index (χ2n) is 5.41. The highest BCUT2D eigenvalue weighted by molar-refractivity contribution is 7.99. The number of aromatic nitrogens is 2. The van der Waals surface area contributed by atoms with E-state index < -0.39 is 5.91 Å². The number of carbonyl (C=O) groups is 2. The standard InChI is InChI=1S/C18H18N4O2S/c1-2-22-15-6-4-3-5-14(15)21-18(22)25-11-16(23)20-13-9-7-12(8-10-13)17(19)24/h3-10H,2,11H2,1H3,(H2,19,24)(H,20,23). The van der Waals surface area contributed by atoms with E-state index in [1.54, 1.807) is 24.3 Å². The summed E-state index contributed by atoms with van der Waals surface area (Å²) in [6, 6.07) is 14.4. The van der Waals surface area contributed by atoms with Gasteiger partial charge in [-0.25, -0.2) is 4.98 Å². The fourth-order valence-electron chi connectivity index (χ4n) is 2.51. The highest BCUT2D eigenvalue weighted by atomic mass is 32.2. The molecule has 1 aromatic heterocycles. The lowest BCUT2D eigenvalue weighted by atomic mass is 10.2. The predicted molar refractivity (Wildman–Crippen MR) is 99.7 cm³/mol. The van der Waals surface area contributed by atoms with Crippen molar-refractivity contribution >= 4 is 40.3 Å². The van der Waals surface area contributed by atoms with E-state index in [0.29, 0.717) is 11.3 Å². The number of aryl methyl sites for hydroxylation is 1. The lowest BCUT2D eigenvalue weighted by Crippen LogP contribution is -2.15. The average molecular weight is 354 g/mol. The molecule has 0 aliphatic carbocycles. The van der Waals surface area contributed by atoms with E-state index in [-0.39, 0.29) is 11.7 Å². The first-order valence-corrected chi connectivity index (χ1v) is 8.85. The van der Waals surface area contributed by atoms with E-state index in [2.05, 4.69) is 21.8 Å².